The van der Waals surface area contributed by atoms with Crippen LogP contribution in [-0.2, 0) is 0 Å². The summed E-state index contributed by atoms with van der Waals surface area (Å²) in [5, 5.41) is 7.48. The van der Waals surface area contributed by atoms with E-state index >= 15 is 0 Å². The third-order valence-electron chi connectivity index (χ3n) is 3.55. The fourth-order valence-electron chi connectivity index (χ4n) is 2.29. The van der Waals surface area contributed by atoms with Crippen molar-refractivity contribution < 1.29 is 14.3 Å². The predicted octanol–water partition coefficient (Wildman–Crippen LogP) is 5.02. The van der Waals surface area contributed by atoms with Gasteiger partial charge in [0.25, 0.3) is 11.8 Å². The number of benzene rings is 2. The van der Waals surface area contributed by atoms with E-state index in [4.69, 9.17) is 4.74 Å². The molecule has 0 saturated carbocycles. The summed E-state index contributed by atoms with van der Waals surface area (Å²) in [7, 11) is 1.52. The third kappa shape index (κ3) is 4.30. The van der Waals surface area contributed by atoms with Crippen LogP contribution in [0.2, 0.25) is 0 Å². The number of carbonyl (C=O) groups excluding carboxylic acids is 2. The molecule has 0 aliphatic heterocycles. The monoisotopic (exact) mass is 430 g/mol. The van der Waals surface area contributed by atoms with Crippen LogP contribution in [0, 0.1) is 0 Å². The first-order chi connectivity index (χ1) is 12.6. The first-order valence-electron chi connectivity index (χ1n) is 7.66. The van der Waals surface area contributed by atoms with Crippen molar-refractivity contribution in [3.05, 3.63) is 74.9 Å². The highest BCUT2D eigenvalue weighted by molar-refractivity contribution is 9.10. The fourth-order valence-corrected chi connectivity index (χ4v) is 3.27. The van der Waals surface area contributed by atoms with Gasteiger partial charge in [0.15, 0.2) is 0 Å². The van der Waals surface area contributed by atoms with Crippen molar-refractivity contribution in [1.82, 2.24) is 0 Å². The average Bonchev–Trinajstić information content (AvgIpc) is 3.18. The normalized spacial score (nSPS) is 10.2. The zero-order chi connectivity index (χ0) is 18.5. The Morgan fingerprint density at radius 2 is 1.62 bits per heavy atom. The van der Waals surface area contributed by atoms with Crippen LogP contribution < -0.4 is 15.4 Å². The van der Waals surface area contributed by atoms with E-state index in [0.717, 1.165) is 4.47 Å². The van der Waals surface area contributed by atoms with Crippen molar-refractivity contribution in [2.45, 2.75) is 0 Å². The van der Waals surface area contributed by atoms with Crippen molar-refractivity contribution in [3.8, 4) is 5.75 Å². The molecule has 0 saturated heterocycles. The highest BCUT2D eigenvalue weighted by Gasteiger charge is 2.13. The second-order valence-corrected chi connectivity index (χ2v) is 7.17. The lowest BCUT2D eigenvalue weighted by Crippen LogP contribution is -2.13. The number of hydrogen-bond donors (Lipinski definition) is 2. The van der Waals surface area contributed by atoms with Gasteiger partial charge in [0.05, 0.1) is 17.6 Å². The number of hydrogen-bond acceptors (Lipinski definition) is 4. The zero-order valence-corrected chi connectivity index (χ0v) is 16.2. The maximum absolute atomic E-state index is 12.5. The second kappa shape index (κ2) is 8.16. The van der Waals surface area contributed by atoms with Crippen LogP contribution in [0.4, 0.5) is 11.4 Å². The van der Waals surface area contributed by atoms with Gasteiger partial charge < -0.3 is 15.4 Å². The summed E-state index contributed by atoms with van der Waals surface area (Å²) < 4.78 is 6.02. The molecule has 26 heavy (non-hydrogen) atoms. The lowest BCUT2D eigenvalue weighted by Gasteiger charge is -2.10. The van der Waals surface area contributed by atoms with E-state index in [1.54, 1.807) is 48.5 Å². The first-order valence-corrected chi connectivity index (χ1v) is 9.34. The number of carbonyl (C=O) groups is 2. The summed E-state index contributed by atoms with van der Waals surface area (Å²) >= 11 is 4.73. The SMILES string of the molecule is COc1ccc(Br)cc1C(=O)Nc1ccc(NC(=O)c2cccs2)cc1. The van der Waals surface area contributed by atoms with E-state index in [9.17, 15) is 9.59 Å². The van der Waals surface area contributed by atoms with Gasteiger partial charge in [0.1, 0.15) is 5.75 Å². The van der Waals surface area contributed by atoms with Crippen molar-refractivity contribution in [2.75, 3.05) is 17.7 Å². The molecule has 0 unspecified atom stereocenters. The quantitative estimate of drug-likeness (QED) is 0.596. The molecule has 0 bridgehead atoms. The second-order valence-electron chi connectivity index (χ2n) is 5.31. The Labute approximate surface area is 163 Å². The van der Waals surface area contributed by atoms with Gasteiger partial charge in [-0.1, -0.05) is 22.0 Å². The van der Waals surface area contributed by atoms with Crippen LogP contribution in [0.15, 0.2) is 64.5 Å². The van der Waals surface area contributed by atoms with E-state index in [0.29, 0.717) is 27.6 Å². The zero-order valence-electron chi connectivity index (χ0n) is 13.8. The minimum absolute atomic E-state index is 0.157. The van der Waals surface area contributed by atoms with Gasteiger partial charge in [0, 0.05) is 15.8 Å². The molecule has 3 rings (SSSR count). The summed E-state index contributed by atoms with van der Waals surface area (Å²) in [6.45, 7) is 0. The number of ether oxygens (including phenoxy) is 1. The predicted molar refractivity (Wildman–Crippen MR) is 107 cm³/mol. The van der Waals surface area contributed by atoms with Crippen LogP contribution in [0.5, 0.6) is 5.75 Å². The smallest absolute Gasteiger partial charge is 0.265 e. The Morgan fingerprint density at radius 1 is 0.962 bits per heavy atom. The minimum atomic E-state index is -0.279. The van der Waals surface area contributed by atoms with Crippen molar-refractivity contribution >= 4 is 50.5 Å². The molecule has 132 valence electrons. The highest BCUT2D eigenvalue weighted by atomic mass is 79.9. The molecule has 0 aliphatic rings. The number of halogens is 1. The molecular weight excluding hydrogens is 416 g/mol. The molecule has 0 aliphatic carbocycles. The Hall–Kier alpha value is -2.64. The van der Waals surface area contributed by atoms with Gasteiger partial charge in [-0.05, 0) is 53.9 Å². The summed E-state index contributed by atoms with van der Waals surface area (Å²) in [5.41, 5.74) is 1.70. The van der Waals surface area contributed by atoms with Crippen molar-refractivity contribution in [3.63, 3.8) is 0 Å². The van der Waals surface area contributed by atoms with Gasteiger partial charge >= 0.3 is 0 Å². The molecule has 0 radical (unpaired) electrons. The summed E-state index contributed by atoms with van der Waals surface area (Å²) in [6, 6.07) is 15.7. The molecule has 2 N–H and O–H groups in total. The van der Waals surface area contributed by atoms with Crippen molar-refractivity contribution in [2.24, 2.45) is 0 Å². The Bertz CT molecular complexity index is 924. The number of methoxy groups -OCH3 is 1. The van der Waals surface area contributed by atoms with Gasteiger partial charge in [-0.3, -0.25) is 9.59 Å². The van der Waals surface area contributed by atoms with E-state index in [-0.39, 0.29) is 11.8 Å². The number of anilines is 2. The Kier molecular flexibility index (Phi) is 5.70. The number of amides is 2. The third-order valence-corrected chi connectivity index (χ3v) is 4.91. The van der Waals surface area contributed by atoms with Crippen LogP contribution in [0.3, 0.4) is 0 Å². The number of thiophene rings is 1. The number of rotatable bonds is 5. The van der Waals surface area contributed by atoms with Crippen LogP contribution >= 0.6 is 27.3 Å². The number of nitrogens with one attached hydrogen (secondary N) is 2. The molecule has 3 aromatic rings. The van der Waals surface area contributed by atoms with Crippen LogP contribution in [0.25, 0.3) is 0 Å². The van der Waals surface area contributed by atoms with Gasteiger partial charge in [0.2, 0.25) is 0 Å². The van der Waals surface area contributed by atoms with Crippen LogP contribution in [-0.4, -0.2) is 18.9 Å². The average molecular weight is 431 g/mol. The molecule has 2 amide bonds. The fraction of sp³-hybridized carbons (Fsp3) is 0.0526. The Morgan fingerprint density at radius 3 is 2.19 bits per heavy atom. The first kappa shape index (κ1) is 18.2. The van der Waals surface area contributed by atoms with E-state index in [2.05, 4.69) is 26.6 Å². The standard InChI is InChI=1S/C19H15BrN2O3S/c1-25-16-9-4-12(20)11-15(16)18(23)21-13-5-7-14(8-6-13)22-19(24)17-3-2-10-26-17/h2-11H,1H3,(H,21,23)(H,22,24). The lowest BCUT2D eigenvalue weighted by molar-refractivity contribution is 0.101. The minimum Gasteiger partial charge on any atom is -0.496 e. The van der Waals surface area contributed by atoms with Gasteiger partial charge in [-0.2, -0.15) is 0 Å². The molecule has 0 atom stereocenters. The summed E-state index contributed by atoms with van der Waals surface area (Å²) in [4.78, 5) is 25.2. The highest BCUT2D eigenvalue weighted by Crippen LogP contribution is 2.24. The molecule has 7 heteroatoms. The largest absolute Gasteiger partial charge is 0.496 e. The van der Waals surface area contributed by atoms with Crippen LogP contribution in [0.1, 0.15) is 20.0 Å². The summed E-state index contributed by atoms with van der Waals surface area (Å²) in [6.07, 6.45) is 0. The molecular formula is C19H15BrN2O3S. The van der Waals surface area contributed by atoms with Gasteiger partial charge in [-0.25, -0.2) is 0 Å². The molecule has 1 heterocycles. The molecule has 0 spiro atoms. The summed E-state index contributed by atoms with van der Waals surface area (Å²) in [5.74, 6) is 0.0553. The maximum Gasteiger partial charge on any atom is 0.265 e. The van der Waals surface area contributed by atoms with Crippen molar-refractivity contribution in [1.29, 1.82) is 0 Å². The van der Waals surface area contributed by atoms with Gasteiger partial charge in [-0.15, -0.1) is 11.3 Å². The van der Waals surface area contributed by atoms with E-state index in [1.165, 1.54) is 18.4 Å². The maximum atomic E-state index is 12.5. The molecule has 0 fully saturated rings. The van der Waals surface area contributed by atoms with E-state index < -0.39 is 0 Å². The molecule has 2 aromatic carbocycles. The molecule has 5 nitrogen and oxygen atoms in total. The van der Waals surface area contributed by atoms with E-state index in [1.807, 2.05) is 11.4 Å². The Balaban J connectivity index is 1.68. The molecule has 1 aromatic heterocycles. The topological polar surface area (TPSA) is 67.4 Å². The lowest BCUT2D eigenvalue weighted by atomic mass is 10.2.